The maximum absolute atomic E-state index is 11.7. The van der Waals surface area contributed by atoms with Crippen molar-refractivity contribution in [1.82, 2.24) is 21.2 Å². The number of aliphatic carboxylic acids is 1. The first-order chi connectivity index (χ1) is 25.8. The predicted molar refractivity (Wildman–Crippen MR) is 217 cm³/mol. The zero-order chi connectivity index (χ0) is 43.7. The standard InChI is InChI=1S/C16H24N2O4S.C12H18N2O2S.C5H9ClO.C5H10O2/c1-16(2,3)15(20)22-10-9-18(21)17-13(14(19)23)11-12-7-5-4-6-8-12;1-2-8-14(16)13-11(12(15)17)9-10-6-4-3-5-7-10;2*1-5(2,3)4(6)7/h4-8,13,17,21H,9-11H2,1-3H3,(H,19,23);3-7,11,13,16H,2,8-9H2,1H3,(H,15,17);1-3H3;1-3H3,(H,6,7)/i21T;16T;;. The van der Waals surface area contributed by atoms with Crippen molar-refractivity contribution in [2.75, 3.05) is 19.7 Å². The van der Waals surface area contributed by atoms with E-state index in [-0.39, 0.29) is 40.0 Å². The number of carboxylic acid groups (broad SMARTS) is 1. The Balaban J connectivity index is 0. The fraction of sp³-hybridized carbons (Fsp3) is 0.553. The molecule has 2 aromatic carbocycles. The van der Waals surface area contributed by atoms with Crippen LogP contribution in [0.2, 0.25) is 2.86 Å². The second kappa shape index (κ2) is 26.9. The summed E-state index contributed by atoms with van der Waals surface area (Å²) in [7, 11) is 0. The molecule has 2 atom stereocenters. The number of thiol groups is 2. The minimum Gasteiger partial charge on any atom is -0.481 e. The number of nitrogens with zero attached hydrogens (tertiary/aromatic N) is 2. The van der Waals surface area contributed by atoms with Crippen molar-refractivity contribution in [2.24, 2.45) is 16.2 Å². The van der Waals surface area contributed by atoms with Gasteiger partial charge in [0.15, 0.2) is 0 Å². The van der Waals surface area contributed by atoms with Crippen molar-refractivity contribution < 1.29 is 47.1 Å². The zero-order valence-electron chi connectivity index (χ0n) is 35.1. The molecule has 0 aliphatic heterocycles. The summed E-state index contributed by atoms with van der Waals surface area (Å²) in [5, 5.41) is 18.4. The molecule has 0 saturated heterocycles. The van der Waals surface area contributed by atoms with Gasteiger partial charge in [-0.15, -0.1) is 35.6 Å². The van der Waals surface area contributed by atoms with Crippen LogP contribution in [0.5, 0.6) is 0 Å². The topological polar surface area (TPSA) is 186 Å². The number of hydrogen-bond acceptors (Lipinski definition) is 12. The lowest BCUT2D eigenvalue weighted by Crippen LogP contribution is -2.48. The number of carbonyl (C=O) groups is 5. The molecule has 0 heterocycles. The summed E-state index contributed by atoms with van der Waals surface area (Å²) in [6, 6.07) is 17.9. The Morgan fingerprint density at radius 2 is 1.07 bits per heavy atom. The minimum absolute atomic E-state index is 0.0286. The van der Waals surface area contributed by atoms with Gasteiger partial charge >= 0.3 is 11.9 Å². The summed E-state index contributed by atoms with van der Waals surface area (Å²) in [5.74, 6) is -1.11. The molecule has 306 valence electrons. The first-order valence-electron chi connectivity index (χ1n) is 18.1. The van der Waals surface area contributed by atoms with Gasteiger partial charge in [-0.2, -0.15) is 0 Å². The van der Waals surface area contributed by atoms with Gasteiger partial charge in [0.05, 0.1) is 29.5 Å². The van der Waals surface area contributed by atoms with E-state index in [1.54, 1.807) is 62.3 Å². The summed E-state index contributed by atoms with van der Waals surface area (Å²) in [6.45, 7) is 18.2. The number of hydroxylamine groups is 2. The van der Waals surface area contributed by atoms with Crippen molar-refractivity contribution in [3.63, 3.8) is 0 Å². The van der Waals surface area contributed by atoms with E-state index in [4.69, 9.17) is 24.3 Å². The van der Waals surface area contributed by atoms with Gasteiger partial charge in [-0.05, 0) is 83.5 Å². The van der Waals surface area contributed by atoms with E-state index < -0.39 is 28.9 Å². The summed E-state index contributed by atoms with van der Waals surface area (Å²) in [5.41, 5.74) is 6.04. The number of ether oxygens (including phenoxy) is 1. The summed E-state index contributed by atoms with van der Waals surface area (Å²) in [4.78, 5) is 55.1. The van der Waals surface area contributed by atoms with Crippen molar-refractivity contribution in [3.05, 3.63) is 71.8 Å². The quantitative estimate of drug-likeness (QED) is 0.0402. The van der Waals surface area contributed by atoms with E-state index >= 15 is 0 Å². The van der Waals surface area contributed by atoms with Crippen molar-refractivity contribution in [3.8, 4) is 0 Å². The lowest BCUT2D eigenvalue weighted by Gasteiger charge is -2.23. The van der Waals surface area contributed by atoms with Crippen molar-refractivity contribution in [1.29, 1.82) is 0 Å². The largest absolute Gasteiger partial charge is 0.481 e. The summed E-state index contributed by atoms with van der Waals surface area (Å²) in [6.07, 6.45) is 1.71. The van der Waals surface area contributed by atoms with Crippen LogP contribution in [0.1, 0.15) is 86.8 Å². The Hall–Kier alpha value is -2.86. The molecule has 16 heteroatoms. The molecule has 2 unspecified atom stereocenters. The lowest BCUT2D eigenvalue weighted by atomic mass is 9.97. The highest BCUT2D eigenvalue weighted by molar-refractivity contribution is 7.97. The number of carbonyl (C=O) groups excluding carboxylic acids is 4. The molecule has 13 nitrogen and oxygen atoms in total. The average molecular weight is 822 g/mol. The molecule has 0 bridgehead atoms. The summed E-state index contributed by atoms with van der Waals surface area (Å²) >= 11 is 12.8. The Labute approximate surface area is 339 Å². The molecule has 0 spiro atoms. The SMILES string of the molecule is CC(C)(C)C(=O)Cl.CC(C)(C)C(=O)O.[3H]ON(CCC)NC(Cc1ccccc1)C(=O)S.[3H]ON(CCOC(=O)C(C)(C)C)NC(Cc1ccccc1)C(=O)S. The number of halogens is 1. The zero-order valence-corrected chi connectivity index (χ0v) is 35.6. The van der Waals surface area contributed by atoms with E-state index in [2.05, 4.69) is 46.5 Å². The fourth-order valence-corrected chi connectivity index (χ4v) is 3.49. The summed E-state index contributed by atoms with van der Waals surface area (Å²) < 4.78 is 19.1. The van der Waals surface area contributed by atoms with Gasteiger partial charge in [-0.25, -0.2) is 10.9 Å². The minimum atomic E-state index is -0.757. The van der Waals surface area contributed by atoms with Gasteiger partial charge in [-0.1, -0.05) is 88.4 Å². The predicted octanol–water partition coefficient (Wildman–Crippen LogP) is 6.41. The highest BCUT2D eigenvalue weighted by Crippen LogP contribution is 2.16. The van der Waals surface area contributed by atoms with Crippen LogP contribution in [0.3, 0.4) is 0 Å². The smallest absolute Gasteiger partial charge is 0.311 e. The van der Waals surface area contributed by atoms with Crippen LogP contribution in [-0.4, -0.2) is 85.1 Å². The van der Waals surface area contributed by atoms with Crippen LogP contribution >= 0.6 is 36.9 Å². The Morgan fingerprint density at radius 1 is 0.722 bits per heavy atom. The van der Waals surface area contributed by atoms with E-state index in [9.17, 15) is 24.0 Å². The number of esters is 1. The normalized spacial score (nSPS) is 12.9. The number of hydrogen-bond donors (Lipinski definition) is 7. The van der Waals surface area contributed by atoms with Crippen molar-refractivity contribution in [2.45, 2.75) is 101 Å². The number of hydrazine groups is 2. The van der Waals surface area contributed by atoms with Crippen molar-refractivity contribution >= 4 is 64.3 Å². The number of rotatable bonds is 17. The van der Waals surface area contributed by atoms with Gasteiger partial charge in [0.25, 0.3) is 0 Å². The van der Waals surface area contributed by atoms with Crippen LogP contribution in [0.4, 0.5) is 0 Å². The van der Waals surface area contributed by atoms with E-state index in [0.717, 1.165) is 22.7 Å². The lowest BCUT2D eigenvalue weighted by molar-refractivity contribution is -0.170. The number of nitrogens with one attached hydrogen (secondary N) is 2. The van der Waals surface area contributed by atoms with Crippen LogP contribution in [0.15, 0.2) is 60.7 Å². The molecule has 0 fully saturated rings. The van der Waals surface area contributed by atoms with E-state index in [1.165, 1.54) is 5.17 Å². The van der Waals surface area contributed by atoms with Gasteiger partial charge < -0.3 is 9.84 Å². The average Bonchev–Trinajstić information content (AvgIpc) is 3.10. The number of benzene rings is 2. The molecule has 0 saturated carbocycles. The molecule has 54 heavy (non-hydrogen) atoms. The van der Waals surface area contributed by atoms with Gasteiger partial charge in [-0.3, -0.25) is 34.4 Å². The first kappa shape index (κ1) is 49.2. The molecule has 0 aromatic heterocycles. The third-order valence-corrected chi connectivity index (χ3v) is 7.75. The molecule has 2 rings (SSSR count). The maximum Gasteiger partial charge on any atom is 0.311 e. The Bertz CT molecular complexity index is 1420. The molecule has 2 aromatic rings. The monoisotopic (exact) mass is 820 g/mol. The molecular formula is C38H61ClN4O9S2. The molecule has 0 aliphatic carbocycles. The maximum atomic E-state index is 11.7. The second-order valence-electron chi connectivity index (χ2n) is 15.1. The molecular weight excluding hydrogens is 756 g/mol. The van der Waals surface area contributed by atoms with Crippen LogP contribution in [0.25, 0.3) is 0 Å². The second-order valence-corrected chi connectivity index (χ2v) is 16.3. The molecule has 0 aliphatic rings. The van der Waals surface area contributed by atoms with Crippen LogP contribution in [-0.2, 0) is 41.6 Å². The fourth-order valence-electron chi connectivity index (χ4n) is 3.19. The van der Waals surface area contributed by atoms with Gasteiger partial charge in [0.1, 0.15) is 6.61 Å². The first-order valence-corrected chi connectivity index (χ1v) is 18.5. The van der Waals surface area contributed by atoms with E-state index in [0.29, 0.717) is 19.4 Å². The highest BCUT2D eigenvalue weighted by Gasteiger charge is 2.24. The third-order valence-electron chi connectivity index (χ3n) is 6.56. The van der Waals surface area contributed by atoms with Crippen LogP contribution < -0.4 is 10.9 Å². The molecule has 0 radical (unpaired) electrons. The van der Waals surface area contributed by atoms with Gasteiger partial charge in [0, 0.05) is 12.0 Å². The van der Waals surface area contributed by atoms with Gasteiger partial charge in [0.2, 0.25) is 18.3 Å². The molecule has 0 amide bonds. The molecule has 5 N–H and O–H groups in total. The number of carboxylic acids is 1. The van der Waals surface area contributed by atoms with Crippen LogP contribution in [0, 0.1) is 16.2 Å². The third kappa shape index (κ3) is 27.7. The Morgan fingerprint density at radius 3 is 1.33 bits per heavy atom. The highest BCUT2D eigenvalue weighted by atomic mass is 35.5. The van der Waals surface area contributed by atoms with E-state index in [1.807, 2.05) is 67.6 Å². The Kier molecular flexibility index (Phi) is 24.5.